The first-order valence-corrected chi connectivity index (χ1v) is 8.20. The molecule has 0 unspecified atom stereocenters. The molecule has 7 nitrogen and oxygen atoms in total. The topological polar surface area (TPSA) is 80.3 Å². The lowest BCUT2D eigenvalue weighted by Crippen LogP contribution is -2.07. The summed E-state index contributed by atoms with van der Waals surface area (Å²) in [6, 6.07) is 8.61. The maximum Gasteiger partial charge on any atom is 0.235 e. The fraction of sp³-hybridized carbons (Fsp3) is 0.150. The highest BCUT2D eigenvalue weighted by Crippen LogP contribution is 2.46. The Bertz CT molecular complexity index is 1250. The van der Waals surface area contributed by atoms with Gasteiger partial charge in [0.15, 0.2) is 17.3 Å². The van der Waals surface area contributed by atoms with Gasteiger partial charge in [0.2, 0.25) is 23.7 Å². The highest BCUT2D eigenvalue weighted by Gasteiger charge is 2.25. The van der Waals surface area contributed by atoms with Crippen molar-refractivity contribution in [1.82, 2.24) is 0 Å². The van der Waals surface area contributed by atoms with E-state index in [0.717, 1.165) is 0 Å². The van der Waals surface area contributed by atoms with Gasteiger partial charge in [-0.25, -0.2) is 0 Å². The Hall–Kier alpha value is -3.61. The Kier molecular flexibility index (Phi) is 3.30. The van der Waals surface area contributed by atoms with Gasteiger partial charge in [0.05, 0.1) is 31.3 Å². The predicted octanol–water partition coefficient (Wildman–Crippen LogP) is 3.95. The molecule has 0 N–H and O–H groups in total. The third-order valence-corrected chi connectivity index (χ3v) is 4.57. The molecule has 136 valence electrons. The van der Waals surface area contributed by atoms with E-state index in [9.17, 15) is 4.79 Å². The first-order chi connectivity index (χ1) is 13.2. The van der Waals surface area contributed by atoms with Crippen molar-refractivity contribution in [2.75, 3.05) is 21.0 Å². The second-order valence-corrected chi connectivity index (χ2v) is 5.98. The van der Waals surface area contributed by atoms with E-state index in [1.54, 1.807) is 36.6 Å². The average Bonchev–Trinajstić information content (AvgIpc) is 3.35. The number of hydrogen-bond donors (Lipinski definition) is 0. The fourth-order valence-corrected chi connectivity index (χ4v) is 3.32. The van der Waals surface area contributed by atoms with Gasteiger partial charge in [-0.1, -0.05) is 0 Å². The van der Waals surface area contributed by atoms with Gasteiger partial charge in [-0.05, 0) is 30.3 Å². The summed E-state index contributed by atoms with van der Waals surface area (Å²) in [6.45, 7) is 0.101. The van der Waals surface area contributed by atoms with Crippen molar-refractivity contribution in [1.29, 1.82) is 0 Å². The molecular formula is C20H14O7. The van der Waals surface area contributed by atoms with E-state index in [1.165, 1.54) is 14.2 Å². The van der Waals surface area contributed by atoms with E-state index in [2.05, 4.69) is 0 Å². The van der Waals surface area contributed by atoms with E-state index in [0.29, 0.717) is 44.8 Å². The smallest absolute Gasteiger partial charge is 0.235 e. The van der Waals surface area contributed by atoms with Crippen molar-refractivity contribution in [3.05, 3.63) is 46.8 Å². The average molecular weight is 366 g/mol. The van der Waals surface area contributed by atoms with E-state index in [1.807, 2.05) is 0 Å². The molecule has 0 saturated carbocycles. The van der Waals surface area contributed by atoms with Crippen LogP contribution in [-0.4, -0.2) is 21.0 Å². The molecule has 0 atom stereocenters. The van der Waals surface area contributed by atoms with Crippen molar-refractivity contribution in [3.63, 3.8) is 0 Å². The molecule has 0 radical (unpaired) electrons. The van der Waals surface area contributed by atoms with E-state index in [-0.39, 0.29) is 23.7 Å². The van der Waals surface area contributed by atoms with Crippen molar-refractivity contribution < 1.29 is 27.8 Å². The largest absolute Gasteiger partial charge is 0.493 e. The van der Waals surface area contributed by atoms with Crippen LogP contribution in [0.4, 0.5) is 0 Å². The zero-order valence-corrected chi connectivity index (χ0v) is 14.5. The maximum atomic E-state index is 13.0. The highest BCUT2D eigenvalue weighted by atomic mass is 16.7. The Morgan fingerprint density at radius 1 is 1.00 bits per heavy atom. The van der Waals surface area contributed by atoms with Gasteiger partial charge >= 0.3 is 0 Å². The van der Waals surface area contributed by atoms with Crippen LogP contribution in [0.2, 0.25) is 0 Å². The summed E-state index contributed by atoms with van der Waals surface area (Å²) in [7, 11) is 2.96. The molecule has 1 aliphatic rings. The number of fused-ring (bicyclic) bond motifs is 4. The summed E-state index contributed by atoms with van der Waals surface area (Å²) in [5.74, 6) is 1.88. The van der Waals surface area contributed by atoms with Gasteiger partial charge in [-0.15, -0.1) is 0 Å². The number of methoxy groups -OCH3 is 2. The summed E-state index contributed by atoms with van der Waals surface area (Å²) in [5, 5.41) is 1.12. The molecule has 0 aliphatic carbocycles. The van der Waals surface area contributed by atoms with Gasteiger partial charge in [-0.3, -0.25) is 4.79 Å². The molecule has 4 aromatic rings. The Labute approximate surface area is 152 Å². The second kappa shape index (κ2) is 5.70. The number of ether oxygens (including phenoxy) is 4. The lowest BCUT2D eigenvalue weighted by molar-refractivity contribution is 0.171. The number of benzene rings is 2. The quantitative estimate of drug-likeness (QED) is 0.543. The van der Waals surface area contributed by atoms with Crippen molar-refractivity contribution in [2.45, 2.75) is 0 Å². The van der Waals surface area contributed by atoms with Gasteiger partial charge < -0.3 is 27.8 Å². The van der Waals surface area contributed by atoms with E-state index in [4.69, 9.17) is 27.8 Å². The number of hydrogen-bond acceptors (Lipinski definition) is 7. The van der Waals surface area contributed by atoms with Crippen LogP contribution >= 0.6 is 0 Å². The Morgan fingerprint density at radius 2 is 1.89 bits per heavy atom. The van der Waals surface area contributed by atoms with E-state index >= 15 is 0 Å². The maximum absolute atomic E-state index is 13.0. The van der Waals surface area contributed by atoms with Crippen molar-refractivity contribution >= 4 is 21.9 Å². The Balaban J connectivity index is 1.86. The molecule has 0 spiro atoms. The molecule has 2 aromatic carbocycles. The Morgan fingerprint density at radius 3 is 2.70 bits per heavy atom. The molecule has 0 saturated heterocycles. The van der Waals surface area contributed by atoms with Crippen LogP contribution in [0.15, 0.2) is 50.2 Å². The van der Waals surface area contributed by atoms with Crippen molar-refractivity contribution in [2.24, 2.45) is 0 Å². The van der Waals surface area contributed by atoms with Crippen LogP contribution in [0.3, 0.4) is 0 Å². The van der Waals surface area contributed by atoms with Crippen molar-refractivity contribution in [3.8, 4) is 34.3 Å². The molecule has 0 bridgehead atoms. The molecule has 5 rings (SSSR count). The summed E-state index contributed by atoms with van der Waals surface area (Å²) < 4.78 is 33.2. The molecular weight excluding hydrogens is 352 g/mol. The lowest BCUT2D eigenvalue weighted by atomic mass is 10.1. The van der Waals surface area contributed by atoms with Gasteiger partial charge in [0.1, 0.15) is 11.2 Å². The third-order valence-electron chi connectivity index (χ3n) is 4.57. The fourth-order valence-electron chi connectivity index (χ4n) is 3.32. The molecule has 3 heterocycles. The van der Waals surface area contributed by atoms with Crippen LogP contribution in [0.1, 0.15) is 0 Å². The molecule has 2 aromatic heterocycles. The highest BCUT2D eigenvalue weighted by molar-refractivity contribution is 6.03. The summed E-state index contributed by atoms with van der Waals surface area (Å²) in [5.41, 5.74) is 1.37. The zero-order chi connectivity index (χ0) is 18.5. The van der Waals surface area contributed by atoms with Crippen LogP contribution in [-0.2, 0) is 0 Å². The normalized spacial score (nSPS) is 12.7. The lowest BCUT2D eigenvalue weighted by Gasteiger charge is -2.11. The SMILES string of the molecule is COc1cc(-c2oc3c(ccc4occc43)c(=O)c2OC)cc2c1OCO2. The van der Waals surface area contributed by atoms with E-state index < -0.39 is 0 Å². The summed E-state index contributed by atoms with van der Waals surface area (Å²) in [6.07, 6.45) is 1.55. The molecule has 27 heavy (non-hydrogen) atoms. The van der Waals surface area contributed by atoms with Gasteiger partial charge in [0, 0.05) is 5.56 Å². The van der Waals surface area contributed by atoms with Crippen LogP contribution in [0.25, 0.3) is 33.3 Å². The van der Waals surface area contributed by atoms with Crippen LogP contribution < -0.4 is 24.4 Å². The second-order valence-electron chi connectivity index (χ2n) is 5.98. The number of furan rings is 1. The third kappa shape index (κ3) is 2.18. The molecule has 0 fully saturated rings. The monoisotopic (exact) mass is 366 g/mol. The minimum Gasteiger partial charge on any atom is -0.493 e. The first-order valence-electron chi connectivity index (χ1n) is 8.20. The van der Waals surface area contributed by atoms with Gasteiger partial charge in [-0.2, -0.15) is 0 Å². The molecule has 0 amide bonds. The molecule has 1 aliphatic heterocycles. The summed E-state index contributed by atoms with van der Waals surface area (Å²) in [4.78, 5) is 13.0. The minimum atomic E-state index is -0.270. The van der Waals surface area contributed by atoms with Crippen LogP contribution in [0, 0.1) is 0 Å². The number of rotatable bonds is 3. The summed E-state index contributed by atoms with van der Waals surface area (Å²) >= 11 is 0. The van der Waals surface area contributed by atoms with Crippen LogP contribution in [0.5, 0.6) is 23.0 Å². The minimum absolute atomic E-state index is 0.101. The molecule has 7 heteroatoms. The predicted molar refractivity (Wildman–Crippen MR) is 96.9 cm³/mol. The first kappa shape index (κ1) is 15.6. The zero-order valence-electron chi connectivity index (χ0n) is 14.5. The standard InChI is InChI=1S/C20H14O7/c1-22-14-7-10(8-15-19(14)26-9-25-15)17-20(23-2)16(21)12-3-4-13-11(5-6-24-13)18(12)27-17/h3-8H,9H2,1-2H3. The van der Waals surface area contributed by atoms with Gasteiger partial charge in [0.25, 0.3) is 0 Å².